The van der Waals surface area contributed by atoms with E-state index in [2.05, 4.69) is 4.98 Å². The van der Waals surface area contributed by atoms with E-state index in [9.17, 15) is 4.79 Å². The second-order valence-electron chi connectivity index (χ2n) is 5.92. The number of thiazole rings is 1. The van der Waals surface area contributed by atoms with E-state index in [-0.39, 0.29) is 12.5 Å². The van der Waals surface area contributed by atoms with Crippen molar-refractivity contribution < 1.29 is 14.3 Å². The van der Waals surface area contributed by atoms with Crippen molar-refractivity contribution in [1.29, 1.82) is 0 Å². The molecule has 5 nitrogen and oxygen atoms in total. The molecule has 2 aromatic rings. The summed E-state index contributed by atoms with van der Waals surface area (Å²) in [7, 11) is 3.35. The number of amides is 1. The Labute approximate surface area is 146 Å². The predicted octanol–water partition coefficient (Wildman–Crippen LogP) is 3.38. The largest absolute Gasteiger partial charge is 0.493 e. The Morgan fingerprint density at radius 2 is 2.12 bits per heavy atom. The quantitative estimate of drug-likeness (QED) is 0.833. The maximum Gasteiger partial charge on any atom is 0.266 e. The Bertz CT molecular complexity index is 718. The zero-order valence-electron chi connectivity index (χ0n) is 14.3. The van der Waals surface area contributed by atoms with E-state index in [1.165, 1.54) is 17.7 Å². The highest BCUT2D eigenvalue weighted by molar-refractivity contribution is 7.15. The predicted molar refractivity (Wildman–Crippen MR) is 95.4 cm³/mol. The summed E-state index contributed by atoms with van der Waals surface area (Å²) in [6.45, 7) is 1.89. The number of methoxy groups -OCH3 is 1. The van der Waals surface area contributed by atoms with E-state index in [4.69, 9.17) is 9.47 Å². The first-order valence-electron chi connectivity index (χ1n) is 8.11. The molecule has 6 heteroatoms. The molecule has 1 heterocycles. The van der Waals surface area contributed by atoms with Crippen LogP contribution in [0.5, 0.6) is 11.5 Å². The number of benzene rings is 1. The van der Waals surface area contributed by atoms with Crippen LogP contribution in [0.15, 0.2) is 18.2 Å². The van der Waals surface area contributed by atoms with Crippen molar-refractivity contribution in [2.75, 3.05) is 25.7 Å². The first kappa shape index (κ1) is 16.8. The van der Waals surface area contributed by atoms with Gasteiger partial charge in [0.15, 0.2) is 23.2 Å². The van der Waals surface area contributed by atoms with Gasteiger partial charge in [0.25, 0.3) is 5.91 Å². The Balaban J connectivity index is 1.68. The molecule has 0 fully saturated rings. The van der Waals surface area contributed by atoms with Crippen molar-refractivity contribution in [2.45, 2.75) is 32.6 Å². The molecule has 3 rings (SSSR count). The molecule has 1 aliphatic rings. The summed E-state index contributed by atoms with van der Waals surface area (Å²) < 4.78 is 11.0. The average molecular weight is 346 g/mol. The van der Waals surface area contributed by atoms with Crippen LogP contribution >= 0.6 is 11.3 Å². The lowest BCUT2D eigenvalue weighted by molar-refractivity contribution is -0.120. The van der Waals surface area contributed by atoms with E-state index in [1.54, 1.807) is 30.4 Å². The minimum absolute atomic E-state index is 0.0397. The summed E-state index contributed by atoms with van der Waals surface area (Å²) in [5, 5.41) is 0.757. The van der Waals surface area contributed by atoms with Crippen LogP contribution in [0.4, 0.5) is 5.13 Å². The second kappa shape index (κ2) is 7.21. The Hall–Kier alpha value is -2.08. The van der Waals surface area contributed by atoms with E-state index in [0.29, 0.717) is 11.5 Å². The molecule has 0 aliphatic heterocycles. The zero-order chi connectivity index (χ0) is 17.1. The molecular formula is C18H22N2O3S. The number of fused-ring (bicyclic) bond motifs is 1. The summed E-state index contributed by atoms with van der Waals surface area (Å²) in [5.41, 5.74) is 2.09. The van der Waals surface area contributed by atoms with Gasteiger partial charge in [-0.3, -0.25) is 9.69 Å². The molecule has 0 saturated heterocycles. The Kier molecular flexibility index (Phi) is 5.04. The SMILES string of the molecule is COc1cccc(C)c1OCC(=O)N(C)c1nc2c(s1)CCCC2. The van der Waals surface area contributed by atoms with Gasteiger partial charge < -0.3 is 9.47 Å². The highest BCUT2D eigenvalue weighted by Crippen LogP contribution is 2.32. The number of hydrogen-bond acceptors (Lipinski definition) is 5. The standard InChI is InChI=1S/C18H22N2O3S/c1-12-7-6-9-14(22-3)17(12)23-11-16(21)20(2)18-19-13-8-4-5-10-15(13)24-18/h6-7,9H,4-5,8,10-11H2,1-3H3. The number of nitrogens with zero attached hydrogens (tertiary/aromatic N) is 2. The van der Waals surface area contributed by atoms with Gasteiger partial charge in [-0.1, -0.05) is 12.1 Å². The van der Waals surface area contributed by atoms with Crippen molar-refractivity contribution in [2.24, 2.45) is 0 Å². The first-order chi connectivity index (χ1) is 11.6. The van der Waals surface area contributed by atoms with Crippen LogP contribution < -0.4 is 14.4 Å². The van der Waals surface area contributed by atoms with Gasteiger partial charge in [-0.15, -0.1) is 11.3 Å². The van der Waals surface area contributed by atoms with Gasteiger partial charge in [0, 0.05) is 11.9 Å². The molecule has 0 atom stereocenters. The lowest BCUT2D eigenvalue weighted by atomic mass is 10.0. The van der Waals surface area contributed by atoms with Gasteiger partial charge in [-0.2, -0.15) is 0 Å². The number of carbonyl (C=O) groups is 1. The van der Waals surface area contributed by atoms with Crippen molar-refractivity contribution in [3.05, 3.63) is 34.3 Å². The molecule has 0 N–H and O–H groups in total. The van der Waals surface area contributed by atoms with Gasteiger partial charge in [0.1, 0.15) is 0 Å². The molecule has 0 saturated carbocycles. The summed E-state index contributed by atoms with van der Waals surface area (Å²) >= 11 is 1.62. The molecule has 24 heavy (non-hydrogen) atoms. The number of hydrogen-bond donors (Lipinski definition) is 0. The number of ether oxygens (including phenoxy) is 2. The Morgan fingerprint density at radius 3 is 2.88 bits per heavy atom. The van der Waals surface area contributed by atoms with Gasteiger partial charge in [0.05, 0.1) is 12.8 Å². The molecule has 0 radical (unpaired) electrons. The summed E-state index contributed by atoms with van der Waals surface area (Å²) in [4.78, 5) is 20.0. The minimum atomic E-state index is -0.119. The normalized spacial score (nSPS) is 13.3. The van der Waals surface area contributed by atoms with Crippen molar-refractivity contribution in [1.82, 2.24) is 4.98 Å². The fourth-order valence-corrected chi connectivity index (χ4v) is 3.92. The number of rotatable bonds is 5. The fourth-order valence-electron chi connectivity index (χ4n) is 2.79. The third kappa shape index (κ3) is 3.38. The number of anilines is 1. The third-order valence-electron chi connectivity index (χ3n) is 4.23. The van der Waals surface area contributed by atoms with Crippen molar-refractivity contribution in [3.63, 3.8) is 0 Å². The highest BCUT2D eigenvalue weighted by Gasteiger charge is 2.21. The maximum absolute atomic E-state index is 12.5. The van der Waals surface area contributed by atoms with Gasteiger partial charge in [-0.25, -0.2) is 4.98 Å². The molecule has 1 aromatic carbocycles. The maximum atomic E-state index is 12.5. The number of aryl methyl sites for hydroxylation is 3. The van der Waals surface area contributed by atoms with Crippen LogP contribution in [-0.4, -0.2) is 31.7 Å². The summed E-state index contributed by atoms with van der Waals surface area (Å²) in [6, 6.07) is 5.65. The van der Waals surface area contributed by atoms with Crippen LogP contribution in [0.1, 0.15) is 29.0 Å². The lowest BCUT2D eigenvalue weighted by Gasteiger charge is -2.16. The average Bonchev–Trinajstić information content (AvgIpc) is 3.03. The number of likely N-dealkylation sites (N-methyl/N-ethyl adjacent to an activating group) is 1. The van der Waals surface area contributed by atoms with E-state index in [0.717, 1.165) is 29.2 Å². The summed E-state index contributed by atoms with van der Waals surface area (Å²) in [6.07, 6.45) is 4.49. The molecule has 0 spiro atoms. The molecule has 1 aromatic heterocycles. The highest BCUT2D eigenvalue weighted by atomic mass is 32.1. The van der Waals surface area contributed by atoms with E-state index < -0.39 is 0 Å². The number of aromatic nitrogens is 1. The first-order valence-corrected chi connectivity index (χ1v) is 8.93. The molecule has 128 valence electrons. The van der Waals surface area contributed by atoms with Gasteiger partial charge in [0.2, 0.25) is 0 Å². The third-order valence-corrected chi connectivity index (χ3v) is 5.46. The number of carbonyl (C=O) groups excluding carboxylic acids is 1. The van der Waals surface area contributed by atoms with Crippen molar-refractivity contribution in [3.8, 4) is 11.5 Å². The minimum Gasteiger partial charge on any atom is -0.493 e. The Morgan fingerprint density at radius 1 is 1.33 bits per heavy atom. The molecular weight excluding hydrogens is 324 g/mol. The van der Waals surface area contributed by atoms with E-state index >= 15 is 0 Å². The molecule has 1 aliphatic carbocycles. The lowest BCUT2D eigenvalue weighted by Crippen LogP contribution is -2.31. The van der Waals surface area contributed by atoms with Crippen LogP contribution in [0, 0.1) is 6.92 Å². The van der Waals surface area contributed by atoms with Gasteiger partial charge in [-0.05, 0) is 44.2 Å². The molecule has 0 unspecified atom stereocenters. The van der Waals surface area contributed by atoms with Crippen molar-refractivity contribution >= 4 is 22.4 Å². The second-order valence-corrected chi connectivity index (χ2v) is 6.98. The van der Waals surface area contributed by atoms with Crippen LogP contribution in [0.25, 0.3) is 0 Å². The van der Waals surface area contributed by atoms with Crippen LogP contribution in [0.3, 0.4) is 0 Å². The fraction of sp³-hybridized carbons (Fsp3) is 0.444. The monoisotopic (exact) mass is 346 g/mol. The van der Waals surface area contributed by atoms with Crippen LogP contribution in [0.2, 0.25) is 0 Å². The van der Waals surface area contributed by atoms with Gasteiger partial charge >= 0.3 is 0 Å². The summed E-state index contributed by atoms with van der Waals surface area (Å²) in [5.74, 6) is 1.13. The molecule has 0 bridgehead atoms. The van der Waals surface area contributed by atoms with Crippen LogP contribution in [-0.2, 0) is 17.6 Å². The zero-order valence-corrected chi connectivity index (χ0v) is 15.1. The van der Waals surface area contributed by atoms with E-state index in [1.807, 2.05) is 25.1 Å². The topological polar surface area (TPSA) is 51.7 Å². The smallest absolute Gasteiger partial charge is 0.266 e. The molecule has 1 amide bonds. The number of para-hydroxylation sites is 1.